The third-order valence-electron chi connectivity index (χ3n) is 1.39. The van der Waals surface area contributed by atoms with Crippen molar-refractivity contribution in [1.82, 2.24) is 0 Å². The number of hydrogen-bond acceptors (Lipinski definition) is 2. The van der Waals surface area contributed by atoms with Crippen molar-refractivity contribution >= 4 is 5.97 Å². The Morgan fingerprint density at radius 3 is 2.00 bits per heavy atom. The van der Waals surface area contributed by atoms with Crippen LogP contribution in [0.4, 0.5) is 0 Å². The van der Waals surface area contributed by atoms with Crippen LogP contribution in [0.2, 0.25) is 0 Å². The first-order valence-corrected chi connectivity index (χ1v) is 5.31. The molecule has 0 saturated heterocycles. The lowest BCUT2D eigenvalue weighted by Crippen LogP contribution is -1.89. The molecule has 0 heterocycles. The second-order valence-electron chi connectivity index (χ2n) is 2.87. The zero-order chi connectivity index (χ0) is 11.9. The highest BCUT2D eigenvalue weighted by Gasteiger charge is 1.86. The fourth-order valence-electron chi connectivity index (χ4n) is 0.710. The average Bonchev–Trinajstić information content (AvgIpc) is 2.20. The summed E-state index contributed by atoms with van der Waals surface area (Å²) in [5.74, 6) is -0.769. The highest BCUT2D eigenvalue weighted by Crippen LogP contribution is 1.84. The summed E-state index contributed by atoms with van der Waals surface area (Å²) in [6, 6.07) is 0. The Labute approximate surface area is 92.1 Å². The maximum absolute atomic E-state index is 9.82. The van der Waals surface area contributed by atoms with Gasteiger partial charge in [-0.25, -0.2) is 0 Å². The minimum atomic E-state index is -0.769. The molecule has 0 aliphatic carbocycles. The first-order chi connectivity index (χ1) is 7.18. The van der Waals surface area contributed by atoms with Gasteiger partial charge in [0, 0.05) is 6.61 Å². The second kappa shape index (κ2) is 15.4. The summed E-state index contributed by atoms with van der Waals surface area (Å²) in [4.78, 5) is 9.82. The normalized spacial score (nSPS) is 10.3. The zero-order valence-corrected chi connectivity index (χ0v) is 9.65. The molecular weight excluding hydrogens is 192 g/mol. The SMILES string of the molecule is CC/C=C/CC(=O)O.CC/C=C/CCO. The molecule has 3 heteroatoms. The molecule has 0 unspecified atom stereocenters. The Balaban J connectivity index is 0. The predicted molar refractivity (Wildman–Crippen MR) is 62.8 cm³/mol. The summed E-state index contributed by atoms with van der Waals surface area (Å²) in [5, 5.41) is 16.3. The standard InChI is InChI=1S/C6H10O2.C6H12O/c1-2-3-4-5-6(7)8;1-2-3-4-5-6-7/h3-4H,2,5H2,1H3,(H,7,8);3-4,7H,2,5-6H2,1H3/b2*4-3+. The van der Waals surface area contributed by atoms with Gasteiger partial charge in [0.1, 0.15) is 0 Å². The highest BCUT2D eigenvalue weighted by atomic mass is 16.4. The molecule has 3 nitrogen and oxygen atoms in total. The van der Waals surface area contributed by atoms with Gasteiger partial charge in [0.15, 0.2) is 0 Å². The molecule has 88 valence electrons. The van der Waals surface area contributed by atoms with Gasteiger partial charge in [0.25, 0.3) is 0 Å². The number of aliphatic hydroxyl groups is 1. The topological polar surface area (TPSA) is 57.5 Å². The third-order valence-corrected chi connectivity index (χ3v) is 1.39. The maximum Gasteiger partial charge on any atom is 0.307 e. The van der Waals surface area contributed by atoms with Crippen LogP contribution in [0.15, 0.2) is 24.3 Å². The van der Waals surface area contributed by atoms with Crippen LogP contribution in [-0.2, 0) is 4.79 Å². The van der Waals surface area contributed by atoms with Crippen LogP contribution in [0.5, 0.6) is 0 Å². The monoisotopic (exact) mass is 214 g/mol. The lowest BCUT2D eigenvalue weighted by Gasteiger charge is -1.80. The summed E-state index contributed by atoms with van der Waals surface area (Å²) in [6.45, 7) is 4.32. The first-order valence-electron chi connectivity index (χ1n) is 5.31. The number of hydrogen-bond donors (Lipinski definition) is 2. The summed E-state index contributed by atoms with van der Waals surface area (Å²) >= 11 is 0. The molecule has 0 saturated carbocycles. The van der Waals surface area contributed by atoms with E-state index in [4.69, 9.17) is 10.2 Å². The predicted octanol–water partition coefficient (Wildman–Crippen LogP) is 2.76. The van der Waals surface area contributed by atoms with Crippen LogP contribution in [0.3, 0.4) is 0 Å². The van der Waals surface area contributed by atoms with Crippen molar-refractivity contribution in [3.8, 4) is 0 Å². The Morgan fingerprint density at radius 1 is 1.07 bits per heavy atom. The Kier molecular flexibility index (Phi) is 16.8. The summed E-state index contributed by atoms with van der Waals surface area (Å²) in [5.41, 5.74) is 0. The van der Waals surface area contributed by atoms with Crippen molar-refractivity contribution in [2.75, 3.05) is 6.61 Å². The lowest BCUT2D eigenvalue weighted by atomic mass is 10.3. The van der Waals surface area contributed by atoms with Crippen molar-refractivity contribution in [2.45, 2.75) is 39.5 Å². The third kappa shape index (κ3) is 24.6. The molecule has 15 heavy (non-hydrogen) atoms. The van der Waals surface area contributed by atoms with Gasteiger partial charge in [-0.05, 0) is 19.3 Å². The zero-order valence-electron chi connectivity index (χ0n) is 9.65. The maximum atomic E-state index is 9.82. The molecule has 0 spiro atoms. The molecule has 0 aromatic rings. The van der Waals surface area contributed by atoms with E-state index in [-0.39, 0.29) is 13.0 Å². The summed E-state index contributed by atoms with van der Waals surface area (Å²) < 4.78 is 0. The van der Waals surface area contributed by atoms with Gasteiger partial charge in [-0.1, -0.05) is 38.2 Å². The number of rotatable bonds is 6. The Morgan fingerprint density at radius 2 is 1.60 bits per heavy atom. The van der Waals surface area contributed by atoms with E-state index in [0.717, 1.165) is 19.3 Å². The van der Waals surface area contributed by atoms with Crippen LogP contribution in [0, 0.1) is 0 Å². The largest absolute Gasteiger partial charge is 0.481 e. The van der Waals surface area contributed by atoms with Crippen molar-refractivity contribution in [3.63, 3.8) is 0 Å². The van der Waals surface area contributed by atoms with Gasteiger partial charge in [0.2, 0.25) is 0 Å². The highest BCUT2D eigenvalue weighted by molar-refractivity contribution is 5.68. The number of aliphatic carboxylic acids is 1. The molecule has 0 bridgehead atoms. The molecule has 2 N–H and O–H groups in total. The van der Waals surface area contributed by atoms with E-state index >= 15 is 0 Å². The van der Waals surface area contributed by atoms with E-state index in [1.54, 1.807) is 6.08 Å². The second-order valence-corrected chi connectivity index (χ2v) is 2.87. The fourth-order valence-corrected chi connectivity index (χ4v) is 0.710. The van der Waals surface area contributed by atoms with E-state index in [0.29, 0.717) is 0 Å². The molecule has 0 aromatic heterocycles. The molecule has 0 rings (SSSR count). The van der Waals surface area contributed by atoms with Crippen LogP contribution in [0.25, 0.3) is 0 Å². The van der Waals surface area contributed by atoms with Gasteiger partial charge in [-0.3, -0.25) is 4.79 Å². The van der Waals surface area contributed by atoms with E-state index < -0.39 is 5.97 Å². The first kappa shape index (κ1) is 16.3. The fraction of sp³-hybridized carbons (Fsp3) is 0.583. The molecule has 0 radical (unpaired) electrons. The molecule has 0 atom stereocenters. The minimum absolute atomic E-state index is 0.147. The molecule has 0 fully saturated rings. The summed E-state index contributed by atoms with van der Waals surface area (Å²) in [7, 11) is 0. The molecule has 0 aromatic carbocycles. The van der Waals surface area contributed by atoms with E-state index in [1.165, 1.54) is 0 Å². The van der Waals surface area contributed by atoms with Crippen LogP contribution >= 0.6 is 0 Å². The van der Waals surface area contributed by atoms with E-state index in [9.17, 15) is 4.79 Å². The van der Waals surface area contributed by atoms with Gasteiger partial charge < -0.3 is 10.2 Å². The molecular formula is C12H22O3. The summed E-state index contributed by atoms with van der Waals surface area (Å²) in [6.07, 6.45) is 10.5. The molecule has 0 amide bonds. The molecule has 0 aliphatic heterocycles. The molecule has 0 aliphatic rings. The van der Waals surface area contributed by atoms with E-state index in [2.05, 4.69) is 13.0 Å². The van der Waals surface area contributed by atoms with Crippen molar-refractivity contribution < 1.29 is 15.0 Å². The smallest absolute Gasteiger partial charge is 0.307 e. The van der Waals surface area contributed by atoms with Gasteiger partial charge in [0.05, 0.1) is 6.42 Å². The Hall–Kier alpha value is -1.09. The van der Waals surface area contributed by atoms with Crippen LogP contribution in [0.1, 0.15) is 39.5 Å². The number of allylic oxidation sites excluding steroid dienone is 2. The van der Waals surface area contributed by atoms with Crippen molar-refractivity contribution in [2.24, 2.45) is 0 Å². The number of carboxylic acid groups (broad SMARTS) is 1. The average molecular weight is 214 g/mol. The Bertz CT molecular complexity index is 183. The van der Waals surface area contributed by atoms with E-state index in [1.807, 2.05) is 19.1 Å². The van der Waals surface area contributed by atoms with Gasteiger partial charge in [-0.2, -0.15) is 0 Å². The number of carbonyl (C=O) groups is 1. The van der Waals surface area contributed by atoms with Crippen molar-refractivity contribution in [1.29, 1.82) is 0 Å². The van der Waals surface area contributed by atoms with Crippen LogP contribution < -0.4 is 0 Å². The van der Waals surface area contributed by atoms with Crippen LogP contribution in [-0.4, -0.2) is 22.8 Å². The number of carboxylic acids is 1. The lowest BCUT2D eigenvalue weighted by molar-refractivity contribution is -0.136. The quantitative estimate of drug-likeness (QED) is 0.668. The van der Waals surface area contributed by atoms with Crippen molar-refractivity contribution in [3.05, 3.63) is 24.3 Å². The van der Waals surface area contributed by atoms with Gasteiger partial charge >= 0.3 is 5.97 Å². The minimum Gasteiger partial charge on any atom is -0.481 e. The van der Waals surface area contributed by atoms with Gasteiger partial charge in [-0.15, -0.1) is 0 Å². The number of aliphatic hydroxyl groups excluding tert-OH is 1.